The van der Waals surface area contributed by atoms with Gasteiger partial charge in [-0.25, -0.2) is 4.79 Å². The molecule has 6 heteroatoms. The van der Waals surface area contributed by atoms with E-state index in [2.05, 4.69) is 0 Å². The van der Waals surface area contributed by atoms with Gasteiger partial charge in [-0.2, -0.15) is 0 Å². The summed E-state index contributed by atoms with van der Waals surface area (Å²) in [4.78, 5) is 10.9. The van der Waals surface area contributed by atoms with Crippen molar-refractivity contribution in [3.8, 4) is 17.2 Å². The number of hydrogen-bond acceptors (Lipinski definition) is 5. The number of phenols is 2. The van der Waals surface area contributed by atoms with E-state index in [1.165, 1.54) is 24.3 Å². The van der Waals surface area contributed by atoms with Crippen molar-refractivity contribution < 1.29 is 29.6 Å². The van der Waals surface area contributed by atoms with Crippen LogP contribution in [0.3, 0.4) is 0 Å². The van der Waals surface area contributed by atoms with Crippen molar-refractivity contribution in [2.45, 2.75) is 19.4 Å². The first-order chi connectivity index (χ1) is 11.5. The molecule has 128 valence electrons. The number of hydrogen-bond donors (Lipinski definition) is 3. The molecule has 3 N–H and O–H groups in total. The number of rotatable bonds is 5. The van der Waals surface area contributed by atoms with Crippen LogP contribution in [0.2, 0.25) is 0 Å². The second-order valence-electron chi connectivity index (χ2n) is 5.24. The zero-order valence-electron chi connectivity index (χ0n) is 13.3. The number of aromatic carboxylic acids is 1. The van der Waals surface area contributed by atoms with Gasteiger partial charge in [-0.15, -0.1) is 0 Å². The largest absolute Gasteiger partial charge is 0.508 e. The van der Waals surface area contributed by atoms with Crippen molar-refractivity contribution in [2.75, 3.05) is 13.2 Å². The standard InChI is InChI=1S/C12H14O4.C6H6O2/c1-2-15-11-6-8(5-9-7-16-9)3-4-10(11)12(13)14;7-5-1-2-6(8)4-3-5/h3-4,6,9H,2,5,7H2,1H3,(H,13,14);1-4,7-8H. The van der Waals surface area contributed by atoms with Crippen LogP contribution in [-0.4, -0.2) is 40.6 Å². The van der Waals surface area contributed by atoms with Gasteiger partial charge in [0.15, 0.2) is 0 Å². The van der Waals surface area contributed by atoms with E-state index >= 15 is 0 Å². The van der Waals surface area contributed by atoms with Gasteiger partial charge < -0.3 is 24.8 Å². The fourth-order valence-electron chi connectivity index (χ4n) is 2.05. The van der Waals surface area contributed by atoms with Gasteiger partial charge in [0, 0.05) is 6.42 Å². The lowest BCUT2D eigenvalue weighted by Gasteiger charge is -2.08. The van der Waals surface area contributed by atoms with Crippen LogP contribution in [-0.2, 0) is 11.2 Å². The van der Waals surface area contributed by atoms with E-state index in [9.17, 15) is 4.79 Å². The zero-order chi connectivity index (χ0) is 17.5. The molecule has 0 bridgehead atoms. The third-order valence-corrected chi connectivity index (χ3v) is 3.29. The fourth-order valence-corrected chi connectivity index (χ4v) is 2.05. The maximum atomic E-state index is 10.9. The Bertz CT molecular complexity index is 655. The normalized spacial score (nSPS) is 15.1. The maximum absolute atomic E-state index is 10.9. The Kier molecular flexibility index (Phi) is 6.03. The van der Waals surface area contributed by atoms with Gasteiger partial charge in [0.25, 0.3) is 0 Å². The third kappa shape index (κ3) is 5.48. The fraction of sp³-hybridized carbons (Fsp3) is 0.278. The molecular weight excluding hydrogens is 312 g/mol. The van der Waals surface area contributed by atoms with Crippen LogP contribution in [0.4, 0.5) is 0 Å². The second-order valence-corrected chi connectivity index (χ2v) is 5.24. The Hall–Kier alpha value is -2.73. The molecule has 1 aliphatic rings. The second kappa shape index (κ2) is 8.21. The summed E-state index contributed by atoms with van der Waals surface area (Å²) < 4.78 is 10.5. The number of aromatic hydroxyl groups is 2. The van der Waals surface area contributed by atoms with E-state index in [1.807, 2.05) is 13.0 Å². The van der Waals surface area contributed by atoms with Gasteiger partial charge in [-0.3, -0.25) is 0 Å². The van der Waals surface area contributed by atoms with Crippen LogP contribution in [0.25, 0.3) is 0 Å². The van der Waals surface area contributed by atoms with Crippen LogP contribution in [0.15, 0.2) is 42.5 Å². The summed E-state index contributed by atoms with van der Waals surface area (Å²) in [5.41, 5.74) is 1.26. The maximum Gasteiger partial charge on any atom is 0.339 e. The smallest absolute Gasteiger partial charge is 0.339 e. The lowest BCUT2D eigenvalue weighted by atomic mass is 10.1. The summed E-state index contributed by atoms with van der Waals surface area (Å²) in [7, 11) is 0. The number of phenolic OH excluding ortho intramolecular Hbond substituents is 2. The number of epoxide rings is 1. The summed E-state index contributed by atoms with van der Waals surface area (Å²) >= 11 is 0. The molecule has 1 fully saturated rings. The van der Waals surface area contributed by atoms with Crippen LogP contribution in [0, 0.1) is 0 Å². The third-order valence-electron chi connectivity index (χ3n) is 3.29. The van der Waals surface area contributed by atoms with E-state index in [0.29, 0.717) is 18.5 Å². The first-order valence-corrected chi connectivity index (χ1v) is 7.58. The Morgan fingerprint density at radius 1 is 1.17 bits per heavy atom. The van der Waals surface area contributed by atoms with Gasteiger partial charge in [-0.1, -0.05) is 6.07 Å². The first-order valence-electron chi connectivity index (χ1n) is 7.58. The van der Waals surface area contributed by atoms with Crippen molar-refractivity contribution in [3.63, 3.8) is 0 Å². The molecule has 24 heavy (non-hydrogen) atoms. The lowest BCUT2D eigenvalue weighted by Crippen LogP contribution is -2.04. The molecule has 0 spiro atoms. The SMILES string of the molecule is CCOc1cc(CC2CO2)ccc1C(=O)O.Oc1ccc(O)cc1. The lowest BCUT2D eigenvalue weighted by molar-refractivity contribution is 0.0692. The molecule has 1 saturated heterocycles. The summed E-state index contributed by atoms with van der Waals surface area (Å²) in [6.45, 7) is 3.09. The summed E-state index contributed by atoms with van der Waals surface area (Å²) in [5, 5.41) is 26.3. The minimum atomic E-state index is -0.960. The molecule has 2 aromatic carbocycles. The minimum absolute atomic E-state index is 0.169. The molecule has 2 aromatic rings. The Balaban J connectivity index is 0.000000219. The molecule has 1 heterocycles. The Morgan fingerprint density at radius 2 is 1.75 bits per heavy atom. The van der Waals surface area contributed by atoms with Gasteiger partial charge in [0.05, 0.1) is 19.3 Å². The van der Waals surface area contributed by atoms with Crippen LogP contribution in [0.1, 0.15) is 22.8 Å². The summed E-state index contributed by atoms with van der Waals surface area (Å²) in [6, 6.07) is 10.9. The average Bonchev–Trinajstić information content (AvgIpc) is 3.35. The van der Waals surface area contributed by atoms with E-state index < -0.39 is 5.97 Å². The number of carboxylic acids is 1. The molecule has 0 aliphatic carbocycles. The quantitative estimate of drug-likeness (QED) is 0.575. The molecule has 0 radical (unpaired) electrons. The van der Waals surface area contributed by atoms with Crippen LogP contribution < -0.4 is 4.74 Å². The van der Waals surface area contributed by atoms with Crippen molar-refractivity contribution in [2.24, 2.45) is 0 Å². The molecule has 0 aromatic heterocycles. The average molecular weight is 332 g/mol. The van der Waals surface area contributed by atoms with Gasteiger partial charge in [0.2, 0.25) is 0 Å². The van der Waals surface area contributed by atoms with E-state index in [-0.39, 0.29) is 17.1 Å². The van der Waals surface area contributed by atoms with Crippen molar-refractivity contribution >= 4 is 5.97 Å². The summed E-state index contributed by atoms with van der Waals surface area (Å²) in [6.07, 6.45) is 1.12. The monoisotopic (exact) mass is 332 g/mol. The zero-order valence-corrected chi connectivity index (χ0v) is 13.3. The minimum Gasteiger partial charge on any atom is -0.508 e. The van der Waals surface area contributed by atoms with Gasteiger partial charge >= 0.3 is 5.97 Å². The van der Waals surface area contributed by atoms with E-state index in [4.69, 9.17) is 24.8 Å². The van der Waals surface area contributed by atoms with E-state index in [1.54, 1.807) is 12.1 Å². The highest BCUT2D eigenvalue weighted by molar-refractivity contribution is 5.91. The van der Waals surface area contributed by atoms with Crippen molar-refractivity contribution in [1.29, 1.82) is 0 Å². The highest BCUT2D eigenvalue weighted by Gasteiger charge is 2.23. The number of carboxylic acid groups (broad SMARTS) is 1. The number of ether oxygens (including phenoxy) is 2. The highest BCUT2D eigenvalue weighted by atomic mass is 16.6. The molecule has 1 atom stereocenters. The summed E-state index contributed by atoms with van der Waals surface area (Å²) in [5.74, 6) is -0.184. The van der Waals surface area contributed by atoms with Crippen LogP contribution in [0.5, 0.6) is 17.2 Å². The molecule has 1 unspecified atom stereocenters. The predicted octanol–water partition coefficient (Wildman–Crippen LogP) is 2.82. The first kappa shape index (κ1) is 17.6. The highest BCUT2D eigenvalue weighted by Crippen LogP contribution is 2.24. The topological polar surface area (TPSA) is 99.5 Å². The molecular formula is C18H20O6. The van der Waals surface area contributed by atoms with Crippen molar-refractivity contribution in [3.05, 3.63) is 53.6 Å². The Labute approximate surface area is 139 Å². The molecule has 0 saturated carbocycles. The van der Waals surface area contributed by atoms with Crippen LogP contribution >= 0.6 is 0 Å². The predicted molar refractivity (Wildman–Crippen MR) is 87.8 cm³/mol. The Morgan fingerprint density at radius 3 is 2.21 bits per heavy atom. The number of carbonyl (C=O) groups is 1. The molecule has 1 aliphatic heterocycles. The van der Waals surface area contributed by atoms with Gasteiger partial charge in [-0.05, 0) is 48.9 Å². The van der Waals surface area contributed by atoms with Gasteiger partial charge in [0.1, 0.15) is 22.8 Å². The van der Waals surface area contributed by atoms with E-state index in [0.717, 1.165) is 18.6 Å². The van der Waals surface area contributed by atoms with Crippen molar-refractivity contribution in [1.82, 2.24) is 0 Å². The number of benzene rings is 2. The molecule has 6 nitrogen and oxygen atoms in total. The molecule has 0 amide bonds. The molecule has 3 rings (SSSR count).